The number of anilines is 1. The van der Waals surface area contributed by atoms with Crippen LogP contribution in [0.1, 0.15) is 25.0 Å². The molecular formula is C14H23N3O2. The third-order valence-electron chi connectivity index (χ3n) is 3.51. The van der Waals surface area contributed by atoms with Crippen molar-refractivity contribution in [1.82, 2.24) is 9.88 Å². The largest absolute Gasteiger partial charge is 0.391 e. The van der Waals surface area contributed by atoms with Crippen LogP contribution >= 0.6 is 0 Å². The van der Waals surface area contributed by atoms with Crippen molar-refractivity contribution < 1.29 is 10.2 Å². The van der Waals surface area contributed by atoms with Gasteiger partial charge in [0.1, 0.15) is 5.82 Å². The van der Waals surface area contributed by atoms with Crippen LogP contribution in [0.3, 0.4) is 0 Å². The Morgan fingerprint density at radius 1 is 1.53 bits per heavy atom. The van der Waals surface area contributed by atoms with Crippen LogP contribution in [0.25, 0.3) is 0 Å². The van der Waals surface area contributed by atoms with Crippen LogP contribution < -0.4 is 4.90 Å². The zero-order valence-electron chi connectivity index (χ0n) is 11.8. The third-order valence-corrected chi connectivity index (χ3v) is 3.51. The highest BCUT2D eigenvalue weighted by Gasteiger charge is 2.33. The predicted octanol–water partition coefficient (Wildman–Crippen LogP) is 0.636. The Morgan fingerprint density at radius 2 is 2.26 bits per heavy atom. The molecule has 2 N–H and O–H groups in total. The maximum Gasteiger partial charge on any atom is 0.134 e. The van der Waals surface area contributed by atoms with Crippen molar-refractivity contribution in [3.05, 3.63) is 23.9 Å². The summed E-state index contributed by atoms with van der Waals surface area (Å²) >= 11 is 0. The molecular weight excluding hydrogens is 242 g/mol. The first kappa shape index (κ1) is 14.2. The zero-order chi connectivity index (χ0) is 14.0. The molecule has 1 aromatic heterocycles. The van der Waals surface area contributed by atoms with Crippen molar-refractivity contribution in [3.63, 3.8) is 0 Å². The molecule has 0 bridgehead atoms. The molecule has 19 heavy (non-hydrogen) atoms. The maximum atomic E-state index is 9.92. The van der Waals surface area contributed by atoms with Gasteiger partial charge in [-0.15, -0.1) is 0 Å². The lowest BCUT2D eigenvalue weighted by atomic mass is 10.1. The Hall–Kier alpha value is -1.17. The molecule has 0 saturated carbocycles. The molecule has 1 aliphatic rings. The smallest absolute Gasteiger partial charge is 0.134 e. The van der Waals surface area contributed by atoms with E-state index in [0.29, 0.717) is 6.54 Å². The van der Waals surface area contributed by atoms with Gasteiger partial charge in [0.15, 0.2) is 0 Å². The molecule has 1 aromatic rings. The van der Waals surface area contributed by atoms with Crippen LogP contribution in [-0.2, 0) is 0 Å². The molecule has 0 amide bonds. The summed E-state index contributed by atoms with van der Waals surface area (Å²) in [6.07, 6.45) is 1.60. The molecule has 5 nitrogen and oxygen atoms in total. The van der Waals surface area contributed by atoms with Crippen LogP contribution in [0.5, 0.6) is 0 Å². The molecule has 106 valence electrons. The normalized spacial score (nSPS) is 25.1. The van der Waals surface area contributed by atoms with E-state index in [9.17, 15) is 10.2 Å². The molecule has 1 aliphatic heterocycles. The molecule has 1 saturated heterocycles. The van der Waals surface area contributed by atoms with Crippen molar-refractivity contribution in [3.8, 4) is 0 Å². The lowest BCUT2D eigenvalue weighted by Gasteiger charge is -2.29. The van der Waals surface area contributed by atoms with Crippen molar-refractivity contribution >= 4 is 5.82 Å². The Morgan fingerprint density at radius 3 is 2.89 bits per heavy atom. The van der Waals surface area contributed by atoms with Gasteiger partial charge in [-0.2, -0.15) is 0 Å². The minimum atomic E-state index is -0.554. The third kappa shape index (κ3) is 3.23. The van der Waals surface area contributed by atoms with E-state index in [-0.39, 0.29) is 12.1 Å². The number of hydrogen-bond donors (Lipinski definition) is 2. The van der Waals surface area contributed by atoms with E-state index >= 15 is 0 Å². The molecule has 0 radical (unpaired) electrons. The second-order valence-corrected chi connectivity index (χ2v) is 5.55. The summed E-state index contributed by atoms with van der Waals surface area (Å²) in [5.41, 5.74) is 0.820. The number of aromatic nitrogens is 1. The highest BCUT2D eigenvalue weighted by molar-refractivity contribution is 5.50. The fraction of sp³-hybridized carbons (Fsp3) is 0.643. The SMILES string of the molecule is C[C@@H](O)c1cccnc1N1CC(O)CC1CN(C)C. The molecule has 0 aromatic carbocycles. The van der Waals surface area contributed by atoms with Gasteiger partial charge in [0, 0.05) is 30.9 Å². The van der Waals surface area contributed by atoms with Crippen LogP contribution in [0.15, 0.2) is 18.3 Å². The van der Waals surface area contributed by atoms with Crippen molar-refractivity contribution in [2.45, 2.75) is 31.6 Å². The molecule has 5 heteroatoms. The standard InChI is InChI=1S/C14H23N3O2/c1-10(18)13-5-4-6-15-14(13)17-9-12(19)7-11(17)8-16(2)3/h4-6,10-12,18-19H,7-9H2,1-3H3/t10-,11?,12?/m1/s1. The number of nitrogens with zero attached hydrogens (tertiary/aromatic N) is 3. The van der Waals surface area contributed by atoms with Crippen LogP contribution in [0.4, 0.5) is 5.82 Å². The Bertz CT molecular complexity index is 423. The quantitative estimate of drug-likeness (QED) is 0.836. The number of β-amino-alcohol motifs (C(OH)–C–C–N with tert-alkyl or cyclic N) is 1. The van der Waals surface area contributed by atoms with E-state index in [1.807, 2.05) is 26.2 Å². The molecule has 0 spiro atoms. The number of hydrogen-bond acceptors (Lipinski definition) is 5. The van der Waals surface area contributed by atoms with E-state index < -0.39 is 6.10 Å². The van der Waals surface area contributed by atoms with Crippen LogP contribution in [-0.4, -0.2) is 59.4 Å². The minimum Gasteiger partial charge on any atom is -0.391 e. The van der Waals surface area contributed by atoms with E-state index in [2.05, 4.69) is 14.8 Å². The highest BCUT2D eigenvalue weighted by atomic mass is 16.3. The molecule has 3 atom stereocenters. The fourth-order valence-electron chi connectivity index (χ4n) is 2.72. The first-order valence-electron chi connectivity index (χ1n) is 6.71. The summed E-state index contributed by atoms with van der Waals surface area (Å²) in [5, 5.41) is 19.8. The van der Waals surface area contributed by atoms with Gasteiger partial charge in [0.25, 0.3) is 0 Å². The van der Waals surface area contributed by atoms with Crippen molar-refractivity contribution in [1.29, 1.82) is 0 Å². The summed E-state index contributed by atoms with van der Waals surface area (Å²) in [6.45, 7) is 3.19. The Balaban J connectivity index is 2.28. The van der Waals surface area contributed by atoms with E-state index in [1.54, 1.807) is 13.1 Å². The minimum absolute atomic E-state index is 0.234. The van der Waals surface area contributed by atoms with Gasteiger partial charge < -0.3 is 20.0 Å². The number of rotatable bonds is 4. The fourth-order valence-corrected chi connectivity index (χ4v) is 2.72. The first-order chi connectivity index (χ1) is 8.99. The summed E-state index contributed by atoms with van der Waals surface area (Å²) in [4.78, 5) is 8.64. The molecule has 2 unspecified atom stereocenters. The van der Waals surface area contributed by atoms with Gasteiger partial charge in [-0.3, -0.25) is 0 Å². The lowest BCUT2D eigenvalue weighted by Crippen LogP contribution is -2.38. The second kappa shape index (κ2) is 5.86. The second-order valence-electron chi connectivity index (χ2n) is 5.55. The summed E-state index contributed by atoms with van der Waals surface area (Å²) in [6, 6.07) is 3.96. The average Bonchev–Trinajstić information content (AvgIpc) is 2.69. The zero-order valence-corrected chi connectivity index (χ0v) is 11.8. The lowest BCUT2D eigenvalue weighted by molar-refractivity contribution is 0.191. The highest BCUT2D eigenvalue weighted by Crippen LogP contribution is 2.30. The number of likely N-dealkylation sites (N-methyl/N-ethyl adjacent to an activating group) is 1. The summed E-state index contributed by atoms with van der Waals surface area (Å²) in [7, 11) is 4.05. The van der Waals surface area contributed by atoms with Gasteiger partial charge >= 0.3 is 0 Å². The van der Waals surface area contributed by atoms with E-state index in [0.717, 1.165) is 24.3 Å². The first-order valence-corrected chi connectivity index (χ1v) is 6.71. The van der Waals surface area contributed by atoms with Crippen LogP contribution in [0, 0.1) is 0 Å². The van der Waals surface area contributed by atoms with Crippen molar-refractivity contribution in [2.24, 2.45) is 0 Å². The van der Waals surface area contributed by atoms with Gasteiger partial charge in [-0.05, 0) is 33.5 Å². The predicted molar refractivity (Wildman–Crippen MR) is 75.2 cm³/mol. The molecule has 1 fully saturated rings. The van der Waals surface area contributed by atoms with Crippen molar-refractivity contribution in [2.75, 3.05) is 32.1 Å². The van der Waals surface area contributed by atoms with Crippen LogP contribution in [0.2, 0.25) is 0 Å². The number of aliphatic hydroxyl groups excluding tert-OH is 2. The topological polar surface area (TPSA) is 59.8 Å². The average molecular weight is 265 g/mol. The molecule has 2 rings (SSSR count). The van der Waals surface area contributed by atoms with Gasteiger partial charge in [-0.1, -0.05) is 6.07 Å². The van der Waals surface area contributed by atoms with Gasteiger partial charge in [0.2, 0.25) is 0 Å². The summed E-state index contributed by atoms with van der Waals surface area (Å²) < 4.78 is 0. The summed E-state index contributed by atoms with van der Waals surface area (Å²) in [5.74, 6) is 0.793. The Kier molecular flexibility index (Phi) is 4.39. The Labute approximate surface area is 114 Å². The maximum absolute atomic E-state index is 9.92. The van der Waals surface area contributed by atoms with Gasteiger partial charge in [-0.25, -0.2) is 4.98 Å². The number of aliphatic hydroxyl groups is 2. The molecule has 2 heterocycles. The van der Waals surface area contributed by atoms with E-state index in [1.165, 1.54) is 0 Å². The van der Waals surface area contributed by atoms with Gasteiger partial charge in [0.05, 0.1) is 12.2 Å². The molecule has 0 aliphatic carbocycles. The van der Waals surface area contributed by atoms with E-state index in [4.69, 9.17) is 0 Å². The monoisotopic (exact) mass is 265 g/mol. The number of pyridine rings is 1.